The molecule has 0 aromatic heterocycles. The fourth-order valence-corrected chi connectivity index (χ4v) is 2.84. The van der Waals surface area contributed by atoms with E-state index >= 15 is 0 Å². The van der Waals surface area contributed by atoms with Gasteiger partial charge in [0.15, 0.2) is 0 Å². The summed E-state index contributed by atoms with van der Waals surface area (Å²) in [4.78, 5) is 0. The summed E-state index contributed by atoms with van der Waals surface area (Å²) in [6.07, 6.45) is 0.977. The highest BCUT2D eigenvalue weighted by Crippen LogP contribution is 2.16. The molecule has 80 valence electrons. The lowest BCUT2D eigenvalue weighted by molar-refractivity contribution is 0.322. The van der Waals surface area contributed by atoms with Crippen LogP contribution in [0.3, 0.4) is 0 Å². The van der Waals surface area contributed by atoms with Gasteiger partial charge in [-0.1, -0.05) is 45.0 Å². The molecule has 4 aliphatic rings. The normalized spacial score (nSPS) is 15.5. The van der Waals surface area contributed by atoms with Crippen molar-refractivity contribution in [2.24, 2.45) is 0 Å². The fraction of sp³-hybridized carbons (Fsp3) is 0.143. The second kappa shape index (κ2) is 4.27. The molecule has 0 aliphatic carbocycles. The fourth-order valence-electron chi connectivity index (χ4n) is 1.84. The van der Waals surface area contributed by atoms with E-state index in [0.29, 0.717) is 0 Å². The van der Waals surface area contributed by atoms with Gasteiger partial charge in [-0.2, -0.15) is 0 Å². The van der Waals surface area contributed by atoms with Crippen LogP contribution >= 0.6 is 8.58 Å². The third-order valence-electron chi connectivity index (χ3n) is 2.76. The lowest BCUT2D eigenvalue weighted by Gasteiger charge is -2.10. The first-order valence-electron chi connectivity index (χ1n) is 5.49. The van der Waals surface area contributed by atoms with Crippen LogP contribution in [0.15, 0.2) is 48.5 Å². The highest BCUT2D eigenvalue weighted by Gasteiger charge is 2.01. The Morgan fingerprint density at radius 2 is 1.44 bits per heavy atom. The van der Waals surface area contributed by atoms with Gasteiger partial charge in [-0.25, -0.2) is 0 Å². The molecule has 1 atom stereocenters. The minimum atomic E-state index is 0.739. The molecule has 6 rings (SSSR count). The summed E-state index contributed by atoms with van der Waals surface area (Å²) < 4.78 is 5.69. The third-order valence-corrected chi connectivity index (χ3v) is 4.00. The Labute approximate surface area is 97.2 Å². The average Bonchev–Trinajstić information content (AvgIpc) is 2.30. The van der Waals surface area contributed by atoms with E-state index < -0.39 is 0 Å². The zero-order chi connectivity index (χ0) is 10.8. The van der Waals surface area contributed by atoms with E-state index in [2.05, 4.69) is 48.5 Å². The Morgan fingerprint density at radius 1 is 0.812 bits per heavy atom. The van der Waals surface area contributed by atoms with Gasteiger partial charge < -0.3 is 4.74 Å². The summed E-state index contributed by atoms with van der Waals surface area (Å²) in [6, 6.07) is 17.3. The molecule has 0 radical (unpaired) electrons. The second-order valence-corrected chi connectivity index (χ2v) is 5.35. The summed E-state index contributed by atoms with van der Waals surface area (Å²) in [6.45, 7) is 0.751. The van der Waals surface area contributed by atoms with Crippen molar-refractivity contribution in [2.75, 3.05) is 6.61 Å². The third kappa shape index (κ3) is 2.10. The van der Waals surface area contributed by atoms with Gasteiger partial charge in [0, 0.05) is 6.42 Å². The van der Waals surface area contributed by atoms with Gasteiger partial charge in [-0.3, -0.25) is 0 Å². The molecule has 0 saturated heterocycles. The van der Waals surface area contributed by atoms with Crippen molar-refractivity contribution < 1.29 is 4.74 Å². The maximum atomic E-state index is 5.69. The predicted molar refractivity (Wildman–Crippen MR) is 69.7 cm³/mol. The Balaban J connectivity index is 2.01. The topological polar surface area (TPSA) is 9.23 Å². The van der Waals surface area contributed by atoms with Crippen LogP contribution in [0, 0.1) is 0 Å². The molecular weight excluding hydrogens is 215 g/mol. The van der Waals surface area contributed by atoms with Crippen LogP contribution in [-0.2, 0) is 6.42 Å². The Kier molecular flexibility index (Phi) is 2.63. The minimum absolute atomic E-state index is 0.739. The molecule has 4 aliphatic heterocycles. The van der Waals surface area contributed by atoms with Crippen LogP contribution < -0.4 is 15.3 Å². The van der Waals surface area contributed by atoms with E-state index in [9.17, 15) is 0 Å². The van der Waals surface area contributed by atoms with Gasteiger partial charge in [0.2, 0.25) is 0 Å². The monoisotopic (exact) mass is 228 g/mol. The average molecular weight is 228 g/mol. The molecule has 2 heteroatoms. The van der Waals surface area contributed by atoms with Gasteiger partial charge in [0.25, 0.3) is 0 Å². The van der Waals surface area contributed by atoms with E-state index in [1.807, 2.05) is 0 Å². The Bertz CT molecular complexity index is 428. The Morgan fingerprint density at radius 3 is 2.12 bits per heavy atom. The van der Waals surface area contributed by atoms with Crippen LogP contribution in [0.5, 0.6) is 5.75 Å². The first-order valence-corrected chi connectivity index (χ1v) is 6.49. The van der Waals surface area contributed by atoms with Gasteiger partial charge in [0.1, 0.15) is 5.75 Å². The lowest BCUT2D eigenvalue weighted by atomic mass is 10.2. The Hall–Kier alpha value is -1.33. The van der Waals surface area contributed by atoms with E-state index in [1.165, 1.54) is 16.2 Å². The maximum Gasteiger partial charge on any atom is 0.119 e. The van der Waals surface area contributed by atoms with E-state index in [4.69, 9.17) is 4.74 Å². The van der Waals surface area contributed by atoms with E-state index in [1.54, 1.807) is 0 Å². The summed E-state index contributed by atoms with van der Waals surface area (Å²) in [5, 5.41) is 2.76. The number of rotatable bonds is 0. The molecule has 0 N–H and O–H groups in total. The van der Waals surface area contributed by atoms with Crippen LogP contribution in [0.1, 0.15) is 5.56 Å². The van der Waals surface area contributed by atoms with E-state index in [0.717, 1.165) is 27.4 Å². The molecule has 0 fully saturated rings. The van der Waals surface area contributed by atoms with Gasteiger partial charge in [-0.15, -0.1) is 0 Å². The van der Waals surface area contributed by atoms with E-state index in [-0.39, 0.29) is 0 Å². The number of ether oxygens (including phenoxy) is 1. The summed E-state index contributed by atoms with van der Waals surface area (Å²) in [5.41, 5.74) is 1.35. The smallest absolute Gasteiger partial charge is 0.119 e. The quantitative estimate of drug-likeness (QED) is 0.628. The number of hydrogen-bond donors (Lipinski definition) is 0. The molecule has 0 saturated carbocycles. The predicted octanol–water partition coefficient (Wildman–Crippen LogP) is 2.25. The molecule has 2 aromatic rings. The summed E-state index contributed by atoms with van der Waals surface area (Å²) in [5.74, 6) is 0.976. The van der Waals surface area contributed by atoms with Crippen molar-refractivity contribution >= 4 is 19.2 Å². The molecule has 2 aromatic carbocycles. The highest BCUT2D eigenvalue weighted by molar-refractivity contribution is 7.55. The van der Waals surface area contributed by atoms with Crippen LogP contribution in [-0.4, -0.2) is 6.61 Å². The van der Waals surface area contributed by atoms with Crippen molar-refractivity contribution in [2.45, 2.75) is 6.42 Å². The molecule has 16 heavy (non-hydrogen) atoms. The molecule has 0 spiro atoms. The van der Waals surface area contributed by atoms with Crippen molar-refractivity contribution in [1.29, 1.82) is 0 Å². The standard InChI is InChI=1S/C14H13OP/c1-5-13-6-2-11(1)9-10-15-12-3-7-14(16-13)8-4-12/h1-8,16H,9-10H2. The first kappa shape index (κ1) is 9.86. The largest absolute Gasteiger partial charge is 0.493 e. The van der Waals surface area contributed by atoms with Gasteiger partial charge in [0.05, 0.1) is 6.61 Å². The van der Waals surface area contributed by atoms with Gasteiger partial charge >= 0.3 is 0 Å². The maximum absolute atomic E-state index is 5.69. The zero-order valence-electron chi connectivity index (χ0n) is 8.94. The first-order chi connectivity index (χ1) is 7.90. The number of hydrogen-bond acceptors (Lipinski definition) is 1. The molecule has 0 amide bonds. The van der Waals surface area contributed by atoms with Crippen LogP contribution in [0.4, 0.5) is 0 Å². The summed E-state index contributed by atoms with van der Waals surface area (Å²) >= 11 is 0. The zero-order valence-corrected chi connectivity index (χ0v) is 9.94. The van der Waals surface area contributed by atoms with Crippen molar-refractivity contribution in [3.63, 3.8) is 0 Å². The van der Waals surface area contributed by atoms with Crippen molar-refractivity contribution in [3.8, 4) is 5.75 Å². The molecule has 1 unspecified atom stereocenters. The molecular formula is C14H13OP. The molecule has 1 nitrogen and oxygen atoms in total. The highest BCUT2D eigenvalue weighted by atomic mass is 31.1. The van der Waals surface area contributed by atoms with Crippen LogP contribution in [0.25, 0.3) is 0 Å². The SMILES string of the molecule is c1cc2ccc1CCOc1ccc(cc1)P2. The molecule has 4 bridgehead atoms. The van der Waals surface area contributed by atoms with Gasteiger partial charge in [-0.05, 0) is 28.3 Å². The molecule has 4 heterocycles. The lowest BCUT2D eigenvalue weighted by Crippen LogP contribution is -2.07. The second-order valence-electron chi connectivity index (χ2n) is 3.94. The summed E-state index contributed by atoms with van der Waals surface area (Å²) in [7, 11) is 0.739. The van der Waals surface area contributed by atoms with Crippen LogP contribution in [0.2, 0.25) is 0 Å². The minimum Gasteiger partial charge on any atom is -0.493 e. The van der Waals surface area contributed by atoms with Crippen molar-refractivity contribution in [1.82, 2.24) is 0 Å². The van der Waals surface area contributed by atoms with Crippen molar-refractivity contribution in [3.05, 3.63) is 54.1 Å². The number of benzene rings is 2.